The van der Waals surface area contributed by atoms with E-state index in [4.69, 9.17) is 28.9 Å². The molecule has 0 aliphatic carbocycles. The van der Waals surface area contributed by atoms with Crippen LogP contribution in [-0.4, -0.2) is 34.6 Å². The molecule has 2 unspecified atom stereocenters. The maximum absolute atomic E-state index is 11.3. The molecule has 2 rings (SSSR count). The van der Waals surface area contributed by atoms with Crippen LogP contribution in [0.4, 0.5) is 0 Å². The third-order valence-corrected chi connectivity index (χ3v) is 3.82. The number of halogens is 2. The van der Waals surface area contributed by atoms with Crippen molar-refractivity contribution in [3.8, 4) is 0 Å². The highest BCUT2D eigenvalue weighted by atomic mass is 35.5. The Morgan fingerprint density at radius 2 is 2.17 bits per heavy atom. The fourth-order valence-electron chi connectivity index (χ4n) is 2.22. The lowest BCUT2D eigenvalue weighted by molar-refractivity contribution is -0.122. The van der Waals surface area contributed by atoms with Gasteiger partial charge in [0.25, 0.3) is 0 Å². The minimum atomic E-state index is -0.509. The summed E-state index contributed by atoms with van der Waals surface area (Å²) in [4.78, 5) is 13.1. The second-order valence-electron chi connectivity index (χ2n) is 4.49. The van der Waals surface area contributed by atoms with Gasteiger partial charge < -0.3 is 10.8 Å². The lowest BCUT2D eigenvalue weighted by Gasteiger charge is -2.21. The number of hydrogen-bond donors (Lipinski definition) is 2. The third-order valence-electron chi connectivity index (χ3n) is 3.08. The van der Waals surface area contributed by atoms with Gasteiger partial charge >= 0.3 is 0 Å². The number of carbonyl (C=O) groups is 1. The van der Waals surface area contributed by atoms with Crippen molar-refractivity contribution in [1.82, 2.24) is 4.90 Å². The molecule has 1 aromatic rings. The Balaban J connectivity index is 2.12. The van der Waals surface area contributed by atoms with Gasteiger partial charge in [0.1, 0.15) is 0 Å². The van der Waals surface area contributed by atoms with Gasteiger partial charge in [0.05, 0.1) is 22.2 Å². The van der Waals surface area contributed by atoms with Gasteiger partial charge in [0.15, 0.2) is 0 Å². The fourth-order valence-corrected chi connectivity index (χ4v) is 2.54. The average Bonchev–Trinajstić information content (AvgIpc) is 2.65. The van der Waals surface area contributed by atoms with Crippen LogP contribution in [0.25, 0.3) is 0 Å². The minimum absolute atomic E-state index is 0.386. The van der Waals surface area contributed by atoms with Crippen molar-refractivity contribution >= 4 is 29.1 Å². The highest BCUT2D eigenvalue weighted by molar-refractivity contribution is 6.42. The molecular formula is C12H14Cl2N2O2. The summed E-state index contributed by atoms with van der Waals surface area (Å²) in [5.41, 5.74) is 6.25. The molecule has 1 saturated heterocycles. The summed E-state index contributed by atoms with van der Waals surface area (Å²) in [7, 11) is 0. The van der Waals surface area contributed by atoms with E-state index in [9.17, 15) is 9.90 Å². The number of rotatable bonds is 3. The van der Waals surface area contributed by atoms with Crippen molar-refractivity contribution < 1.29 is 9.90 Å². The molecule has 0 radical (unpaired) electrons. The molecule has 1 aliphatic rings. The second-order valence-corrected chi connectivity index (χ2v) is 5.30. The van der Waals surface area contributed by atoms with Gasteiger partial charge in [-0.05, 0) is 24.1 Å². The van der Waals surface area contributed by atoms with Crippen molar-refractivity contribution in [3.63, 3.8) is 0 Å². The van der Waals surface area contributed by atoms with Crippen LogP contribution in [-0.2, 0) is 11.3 Å². The SMILES string of the molecule is NC(=O)C1CC(O)CN1Cc1ccc(Cl)c(Cl)c1. The first-order chi connectivity index (χ1) is 8.47. The molecule has 6 heteroatoms. The van der Waals surface area contributed by atoms with E-state index in [2.05, 4.69) is 0 Å². The Morgan fingerprint density at radius 1 is 1.44 bits per heavy atom. The Hall–Kier alpha value is -0.810. The number of benzene rings is 1. The van der Waals surface area contributed by atoms with Gasteiger partial charge in [-0.1, -0.05) is 29.3 Å². The molecule has 1 amide bonds. The maximum atomic E-state index is 11.3. The molecule has 4 nitrogen and oxygen atoms in total. The molecule has 98 valence electrons. The smallest absolute Gasteiger partial charge is 0.234 e. The third kappa shape index (κ3) is 2.95. The van der Waals surface area contributed by atoms with E-state index >= 15 is 0 Å². The molecule has 0 bridgehead atoms. The lowest BCUT2D eigenvalue weighted by Crippen LogP contribution is -2.39. The Kier molecular flexibility index (Phi) is 4.12. The van der Waals surface area contributed by atoms with Crippen LogP contribution in [0.15, 0.2) is 18.2 Å². The van der Waals surface area contributed by atoms with Crippen LogP contribution in [0.5, 0.6) is 0 Å². The van der Waals surface area contributed by atoms with Crippen LogP contribution in [0.2, 0.25) is 10.0 Å². The maximum Gasteiger partial charge on any atom is 0.234 e. The van der Waals surface area contributed by atoms with Gasteiger partial charge in [0, 0.05) is 13.1 Å². The molecule has 1 fully saturated rings. The topological polar surface area (TPSA) is 66.6 Å². The van der Waals surface area contributed by atoms with Crippen molar-refractivity contribution in [2.45, 2.75) is 25.1 Å². The monoisotopic (exact) mass is 288 g/mol. The molecule has 1 aromatic carbocycles. The number of amides is 1. The largest absolute Gasteiger partial charge is 0.392 e. The number of aliphatic hydroxyl groups excluding tert-OH is 1. The standard InChI is InChI=1S/C12H14Cl2N2O2/c13-9-2-1-7(3-10(9)14)5-16-6-8(17)4-11(16)12(15)18/h1-3,8,11,17H,4-6H2,(H2,15,18). The van der Waals surface area contributed by atoms with Crippen molar-refractivity contribution in [2.75, 3.05) is 6.54 Å². The Morgan fingerprint density at radius 3 is 2.78 bits per heavy atom. The molecule has 1 aliphatic heterocycles. The summed E-state index contributed by atoms with van der Waals surface area (Å²) < 4.78 is 0. The molecule has 0 spiro atoms. The van der Waals surface area contributed by atoms with E-state index in [1.807, 2.05) is 11.0 Å². The van der Waals surface area contributed by atoms with Gasteiger partial charge in [-0.15, -0.1) is 0 Å². The second kappa shape index (κ2) is 5.45. The number of nitrogens with two attached hydrogens (primary N) is 1. The van der Waals surface area contributed by atoms with Gasteiger partial charge in [-0.2, -0.15) is 0 Å². The molecular weight excluding hydrogens is 275 g/mol. The Bertz CT molecular complexity index is 467. The lowest BCUT2D eigenvalue weighted by atomic mass is 10.1. The number of carbonyl (C=O) groups excluding carboxylic acids is 1. The zero-order valence-electron chi connectivity index (χ0n) is 9.64. The van der Waals surface area contributed by atoms with E-state index in [0.717, 1.165) is 5.56 Å². The predicted octanol–water partition coefficient (Wildman–Crippen LogP) is 1.41. The molecule has 1 heterocycles. The molecule has 0 saturated carbocycles. The fraction of sp³-hybridized carbons (Fsp3) is 0.417. The number of aliphatic hydroxyl groups is 1. The first-order valence-corrected chi connectivity index (χ1v) is 6.38. The van der Waals surface area contributed by atoms with Gasteiger partial charge in [-0.25, -0.2) is 0 Å². The average molecular weight is 289 g/mol. The molecule has 3 N–H and O–H groups in total. The zero-order chi connectivity index (χ0) is 13.3. The number of likely N-dealkylation sites (tertiary alicyclic amines) is 1. The van der Waals surface area contributed by atoms with Gasteiger partial charge in [0.2, 0.25) is 5.91 Å². The normalized spacial score (nSPS) is 24.4. The van der Waals surface area contributed by atoms with Crippen LogP contribution in [0, 0.1) is 0 Å². The Labute approximate surface area is 115 Å². The summed E-state index contributed by atoms with van der Waals surface area (Å²) >= 11 is 11.8. The summed E-state index contributed by atoms with van der Waals surface area (Å²) in [6.45, 7) is 0.954. The molecule has 0 aromatic heterocycles. The summed E-state index contributed by atoms with van der Waals surface area (Å²) in [6, 6.07) is 4.89. The first kappa shape index (κ1) is 13.6. The van der Waals surface area contributed by atoms with Crippen molar-refractivity contribution in [1.29, 1.82) is 0 Å². The molecule has 18 heavy (non-hydrogen) atoms. The van der Waals surface area contributed by atoms with E-state index < -0.39 is 18.1 Å². The van der Waals surface area contributed by atoms with Crippen molar-refractivity contribution in [3.05, 3.63) is 33.8 Å². The number of β-amino-alcohol motifs (C(OH)–C–C–N with tert-alkyl or cyclic N) is 1. The first-order valence-electron chi connectivity index (χ1n) is 5.62. The van der Waals surface area contributed by atoms with Crippen LogP contribution >= 0.6 is 23.2 Å². The summed E-state index contributed by atoms with van der Waals surface area (Å²) in [6.07, 6.45) is -0.123. The highest BCUT2D eigenvalue weighted by Crippen LogP contribution is 2.25. The minimum Gasteiger partial charge on any atom is -0.392 e. The van der Waals surface area contributed by atoms with Crippen LogP contribution < -0.4 is 5.73 Å². The van der Waals surface area contributed by atoms with E-state index in [1.165, 1.54) is 0 Å². The van der Waals surface area contributed by atoms with Crippen LogP contribution in [0.3, 0.4) is 0 Å². The summed E-state index contributed by atoms with van der Waals surface area (Å²) in [5, 5.41) is 10.6. The number of primary amides is 1. The van der Waals surface area contributed by atoms with Crippen molar-refractivity contribution in [2.24, 2.45) is 5.73 Å². The highest BCUT2D eigenvalue weighted by Gasteiger charge is 2.34. The number of hydrogen-bond acceptors (Lipinski definition) is 3. The molecule has 2 atom stereocenters. The van der Waals surface area contributed by atoms with E-state index in [-0.39, 0.29) is 0 Å². The predicted molar refractivity (Wildman–Crippen MR) is 70.5 cm³/mol. The van der Waals surface area contributed by atoms with E-state index in [1.54, 1.807) is 12.1 Å². The van der Waals surface area contributed by atoms with E-state index in [0.29, 0.717) is 29.6 Å². The van der Waals surface area contributed by atoms with Gasteiger partial charge in [-0.3, -0.25) is 9.69 Å². The number of nitrogens with zero attached hydrogens (tertiary/aromatic N) is 1. The quantitative estimate of drug-likeness (QED) is 0.884. The zero-order valence-corrected chi connectivity index (χ0v) is 11.2. The summed E-state index contributed by atoms with van der Waals surface area (Å²) in [5.74, 6) is -0.411. The van der Waals surface area contributed by atoms with Crippen LogP contribution in [0.1, 0.15) is 12.0 Å².